The molecule has 2 bridgehead atoms. The van der Waals surface area contributed by atoms with Crippen LogP contribution in [-0.4, -0.2) is 226 Å². The average molecular weight is 1330 g/mol. The van der Waals surface area contributed by atoms with Gasteiger partial charge in [-0.3, -0.25) is 19.7 Å². The van der Waals surface area contributed by atoms with Gasteiger partial charge in [-0.1, -0.05) is 71.8 Å². The minimum absolute atomic E-state index is 0.0843. The molecule has 1 aromatic carbocycles. The fourth-order valence-corrected chi connectivity index (χ4v) is 14.1. The minimum atomic E-state index is -2.66. The van der Waals surface area contributed by atoms with E-state index in [1.165, 1.54) is 95.7 Å². The zero-order chi connectivity index (χ0) is 64.9. The number of fused-ring (bicyclic) bond motifs is 2. The Morgan fingerprint density at radius 1 is 0.854 bits per heavy atom. The molecule has 0 spiro atoms. The minimum Gasteiger partial charge on any atom is -0.493 e. The third-order valence-electron chi connectivity index (χ3n) is 15.2. The number of anilines is 1. The van der Waals surface area contributed by atoms with Crippen molar-refractivity contribution in [2.45, 2.75) is 175 Å². The van der Waals surface area contributed by atoms with E-state index in [-0.39, 0.29) is 88.3 Å². The Bertz CT molecular complexity index is 2890. The van der Waals surface area contributed by atoms with E-state index in [4.69, 9.17) is 66.4 Å². The summed E-state index contributed by atoms with van der Waals surface area (Å²) < 4.78 is 77.9. The molecule has 4 fully saturated rings. The summed E-state index contributed by atoms with van der Waals surface area (Å²) in [6.07, 6.45) is -11.7. The van der Waals surface area contributed by atoms with Crippen LogP contribution in [0.25, 0.3) is 0 Å². The zero-order valence-electron chi connectivity index (χ0n) is 51.4. The summed E-state index contributed by atoms with van der Waals surface area (Å²) in [5.74, 6) is 8.60. The van der Waals surface area contributed by atoms with Gasteiger partial charge in [-0.15, -0.1) is 0 Å². The number of hydrogen-bond donors (Lipinski definition) is 8. The van der Waals surface area contributed by atoms with Gasteiger partial charge in [-0.2, -0.15) is 17.2 Å². The maximum Gasteiger partial charge on any atom is 0.411 e. The van der Waals surface area contributed by atoms with E-state index in [2.05, 4.69) is 51.7 Å². The van der Waals surface area contributed by atoms with Crippen molar-refractivity contribution in [1.29, 1.82) is 0 Å². The van der Waals surface area contributed by atoms with E-state index >= 15 is 4.79 Å². The van der Waals surface area contributed by atoms with Crippen molar-refractivity contribution < 1.29 is 106 Å². The first-order valence-electron chi connectivity index (χ1n) is 28.4. The van der Waals surface area contributed by atoms with Gasteiger partial charge in [0.15, 0.2) is 54.1 Å². The summed E-state index contributed by atoms with van der Waals surface area (Å²) >= 11 is 1.47. The number of rotatable bonds is 25. The Balaban J connectivity index is 1.27. The Labute approximate surface area is 533 Å². The molecule has 19 unspecified atom stereocenters. The molecule has 19 atom stereocenters. The number of aliphatic hydroxyl groups is 4. The van der Waals surface area contributed by atoms with Crippen LogP contribution in [-0.2, 0) is 66.5 Å². The van der Waals surface area contributed by atoms with Gasteiger partial charge < -0.3 is 92.6 Å². The first-order chi connectivity index (χ1) is 42.5. The third kappa shape index (κ3) is 17.6. The Kier molecular flexibility index (Phi) is 26.9. The molecule has 0 radical (unpaired) electrons. The molecule has 0 saturated carbocycles. The van der Waals surface area contributed by atoms with Gasteiger partial charge in [0.2, 0.25) is 5.78 Å². The first-order valence-corrected chi connectivity index (χ1v) is 33.8. The van der Waals surface area contributed by atoms with Crippen molar-refractivity contribution in [3.8, 4) is 35.2 Å². The molecule has 26 nitrogen and oxygen atoms in total. The highest BCUT2D eigenvalue weighted by Gasteiger charge is 2.57. The van der Waals surface area contributed by atoms with Gasteiger partial charge in [-0.05, 0) is 55.3 Å². The predicted molar refractivity (Wildman–Crippen MR) is 330 cm³/mol. The number of methoxy groups -OCH3 is 5. The predicted octanol–water partition coefficient (Wildman–Crippen LogP) is 3.42. The molecule has 89 heavy (non-hydrogen) atoms. The summed E-state index contributed by atoms with van der Waals surface area (Å²) in [5.41, 5.74) is -0.949. The molecule has 4 saturated heterocycles. The molecule has 2 amide bonds. The monoisotopic (exact) mass is 1320 g/mol. The van der Waals surface area contributed by atoms with Crippen LogP contribution in [0.1, 0.15) is 64.2 Å². The Morgan fingerprint density at radius 3 is 2.22 bits per heavy atom. The molecule has 4 heterocycles. The van der Waals surface area contributed by atoms with Crippen LogP contribution in [0.5, 0.6) is 11.5 Å². The molecule has 8 N–H and O–H groups in total. The van der Waals surface area contributed by atoms with E-state index in [1.54, 1.807) is 20.1 Å². The summed E-state index contributed by atoms with van der Waals surface area (Å²) in [4.78, 5) is 62.5. The Morgan fingerprint density at radius 2 is 1.56 bits per heavy atom. The van der Waals surface area contributed by atoms with Crippen LogP contribution in [0, 0.1) is 23.7 Å². The fourth-order valence-electron chi connectivity index (χ4n) is 10.8. The lowest BCUT2D eigenvalue weighted by Gasteiger charge is -2.47. The van der Waals surface area contributed by atoms with E-state index in [0.717, 1.165) is 7.11 Å². The van der Waals surface area contributed by atoms with Crippen LogP contribution in [0.15, 0.2) is 59.5 Å². The highest BCUT2D eigenvalue weighted by Crippen LogP contribution is 2.44. The molecule has 1 aromatic rings. The topological polar surface area (TPSA) is 327 Å². The van der Waals surface area contributed by atoms with Crippen molar-refractivity contribution in [3.63, 3.8) is 0 Å². The number of carbonyl (C=O) groups is 4. The normalized spacial score (nSPS) is 34.4. The van der Waals surface area contributed by atoms with Crippen molar-refractivity contribution in [2.75, 3.05) is 65.7 Å². The maximum atomic E-state index is 15.6. The number of esters is 1. The van der Waals surface area contributed by atoms with E-state index < -0.39 is 134 Å². The highest BCUT2D eigenvalue weighted by molar-refractivity contribution is 9.09. The SMILES string of the molecule is C=C(OC)C(=O)Nc1cc(OC)c(OC)cc1C(=O)OC1CC(OC2C(=O)C(NC(=O)OC)=C3/C(=C/CSSSC)C2(O)C#C/C=C/C#CC3OC2OC(C)C(NOC3CC(O)C(SC)C(C)O3)C(O)C2OC2CC(OC)C(NC(C)C)CO2)OC(C)C1O. The van der Waals surface area contributed by atoms with E-state index in [1.807, 2.05) is 33.3 Å². The number of ketones is 1. The molecule has 6 aliphatic rings. The third-order valence-corrected chi connectivity index (χ3v) is 20.2. The number of thioether (sulfide) groups is 1. The van der Waals surface area contributed by atoms with E-state index in [0.29, 0.717) is 0 Å². The lowest BCUT2D eigenvalue weighted by Crippen LogP contribution is -2.65. The number of amides is 2. The number of alkyl carbamates (subject to hydrolysis) is 1. The molecule has 0 aromatic heterocycles. The number of hydroxylamine groups is 1. The highest BCUT2D eigenvalue weighted by atomic mass is 33.5. The zero-order valence-corrected chi connectivity index (χ0v) is 54.6. The molecular weight excluding hydrogens is 1240 g/mol. The number of nitrogens with one attached hydrogen (secondary N) is 4. The fraction of sp³-hybridized carbons (Fsp3) is 0.627. The standard InChI is InChI=1S/C59H80N4O22S4/c1-28(2)60-36-27-77-43(25-39(36)73-8)83-52-50(66)47(63-85-45-24-37(64)53(86-12)31(5)79-45)29(3)80-57(52)82-38-18-16-14-15-17-20-59(71)34(19-21-88-89-87-13)46(38)48(62-58(70)76-11)51(67)54(59)84-44-26-42(49(65)30(4)78-44)81-56(69)33-22-40(74-9)41(75-10)23-35(33)61-55(68)32(6)72-7/h14-15,19,22-23,28-31,36-39,42-45,47,49-50,52-54,57,60,63-66,71H,6,21,24-27H2,1-5,7-13H3,(H,61,68)(H,62,70)/b15-14+,34-19-. The number of ether oxygens (including phenoxy) is 13. The van der Waals surface area contributed by atoms with Crippen molar-refractivity contribution >= 4 is 72.6 Å². The van der Waals surface area contributed by atoms with Crippen molar-refractivity contribution in [2.24, 2.45) is 0 Å². The number of Topliss-reactive ketones (excluding diaryl/α,β-unsaturated/α-hetero) is 1. The lowest BCUT2D eigenvalue weighted by atomic mass is 9.73. The summed E-state index contributed by atoms with van der Waals surface area (Å²) in [6.45, 7) is 12.6. The molecule has 2 aliphatic carbocycles. The van der Waals surface area contributed by atoms with Crippen LogP contribution < -0.4 is 30.9 Å². The second kappa shape index (κ2) is 33.3. The average Bonchev–Trinajstić information content (AvgIpc) is 0.971. The van der Waals surface area contributed by atoms with Crippen LogP contribution in [0.4, 0.5) is 10.5 Å². The van der Waals surface area contributed by atoms with Gasteiger partial charge in [-0.25, -0.2) is 9.59 Å². The largest absolute Gasteiger partial charge is 0.493 e. The molecular formula is C59H80N4O22S4. The quantitative estimate of drug-likeness (QED) is 0.0132. The van der Waals surface area contributed by atoms with Gasteiger partial charge in [0.1, 0.15) is 30.5 Å². The molecule has 30 heteroatoms. The molecule has 4 aliphatic heterocycles. The van der Waals surface area contributed by atoms with Gasteiger partial charge in [0.05, 0.1) is 99.8 Å². The van der Waals surface area contributed by atoms with Crippen molar-refractivity contribution in [3.05, 3.63) is 65.1 Å². The number of hydrogen-bond acceptors (Lipinski definition) is 28. The lowest BCUT2D eigenvalue weighted by molar-refractivity contribution is -0.336. The molecule has 492 valence electrons. The number of allylic oxidation sites excluding steroid dienone is 2. The van der Waals surface area contributed by atoms with Gasteiger partial charge in [0, 0.05) is 61.4 Å². The number of carbonyl (C=O) groups excluding carboxylic acids is 4. The summed E-state index contributed by atoms with van der Waals surface area (Å²) in [5, 5.41) is 56.8. The summed E-state index contributed by atoms with van der Waals surface area (Å²) in [6, 6.07) is 1.39. The Hall–Kier alpha value is -4.62. The van der Waals surface area contributed by atoms with Gasteiger partial charge >= 0.3 is 12.1 Å². The number of aliphatic hydroxyl groups excluding tert-OH is 3. The second-order valence-corrected chi connectivity index (χ2v) is 26.8. The first kappa shape index (κ1) is 71.8. The van der Waals surface area contributed by atoms with Crippen molar-refractivity contribution in [1.82, 2.24) is 16.1 Å². The van der Waals surface area contributed by atoms with Gasteiger partial charge in [0.25, 0.3) is 5.91 Å². The second-order valence-electron chi connectivity index (χ2n) is 21.4. The smallest absolute Gasteiger partial charge is 0.411 e. The van der Waals surface area contributed by atoms with Crippen LogP contribution in [0.2, 0.25) is 0 Å². The molecule has 7 rings (SSSR count). The van der Waals surface area contributed by atoms with Crippen LogP contribution >= 0.6 is 43.2 Å². The van der Waals surface area contributed by atoms with Crippen LogP contribution in [0.3, 0.4) is 0 Å². The van der Waals surface area contributed by atoms with E-state index in [9.17, 15) is 34.8 Å². The summed E-state index contributed by atoms with van der Waals surface area (Å²) in [7, 11) is 10.8. The maximum absolute atomic E-state index is 15.6. The number of benzene rings is 1.